The Kier molecular flexibility index (Phi) is 6.71. The molecule has 0 saturated carbocycles. The van der Waals surface area contributed by atoms with Crippen molar-refractivity contribution < 1.29 is 14.3 Å². The second-order valence-electron chi connectivity index (χ2n) is 6.44. The molecule has 0 bridgehead atoms. The molecule has 7 nitrogen and oxygen atoms in total. The van der Waals surface area contributed by atoms with Gasteiger partial charge in [0.15, 0.2) is 11.5 Å². The molecule has 0 spiro atoms. The minimum absolute atomic E-state index is 0.157. The van der Waals surface area contributed by atoms with Gasteiger partial charge in [-0.2, -0.15) is 5.10 Å². The third-order valence-corrected chi connectivity index (χ3v) is 4.48. The lowest BCUT2D eigenvalue weighted by atomic mass is 10.2. The standard InChI is InChI=1S/C23H24N4O3/c1-5-12-30-21-11-8-17(13-22(21)29-7-3)15-24-26-23(28)18-9-10-20-19(14-18)25-16(4)27(20)6-2/h1,8-11,13-15H,6-7,12H2,2-4H3,(H,26,28)/b24-15-. The summed E-state index contributed by atoms with van der Waals surface area (Å²) in [4.78, 5) is 17.0. The number of hydrazone groups is 1. The zero-order chi connectivity index (χ0) is 21.5. The van der Waals surface area contributed by atoms with Crippen molar-refractivity contribution in [3.63, 3.8) is 0 Å². The number of hydrogen-bond donors (Lipinski definition) is 1. The molecule has 0 aliphatic carbocycles. The summed E-state index contributed by atoms with van der Waals surface area (Å²) in [5, 5.41) is 4.05. The molecule has 0 atom stereocenters. The van der Waals surface area contributed by atoms with Crippen LogP contribution in [0, 0.1) is 19.3 Å². The van der Waals surface area contributed by atoms with Gasteiger partial charge in [-0.3, -0.25) is 4.79 Å². The largest absolute Gasteiger partial charge is 0.490 e. The van der Waals surface area contributed by atoms with E-state index in [0.717, 1.165) is 29.0 Å². The summed E-state index contributed by atoms with van der Waals surface area (Å²) < 4.78 is 13.1. The molecule has 0 aliphatic rings. The van der Waals surface area contributed by atoms with Gasteiger partial charge in [0.05, 0.1) is 23.9 Å². The van der Waals surface area contributed by atoms with Crippen LogP contribution in [0.5, 0.6) is 11.5 Å². The van der Waals surface area contributed by atoms with Crippen LogP contribution < -0.4 is 14.9 Å². The highest BCUT2D eigenvalue weighted by molar-refractivity contribution is 5.98. The predicted octanol–water partition coefficient (Wildman–Crippen LogP) is 3.54. The van der Waals surface area contributed by atoms with Crippen LogP contribution in [0.25, 0.3) is 11.0 Å². The highest BCUT2D eigenvalue weighted by Gasteiger charge is 2.10. The van der Waals surface area contributed by atoms with Crippen LogP contribution in [0.2, 0.25) is 0 Å². The Labute approximate surface area is 175 Å². The van der Waals surface area contributed by atoms with E-state index in [2.05, 4.69) is 32.9 Å². The van der Waals surface area contributed by atoms with Gasteiger partial charge < -0.3 is 14.0 Å². The summed E-state index contributed by atoms with van der Waals surface area (Å²) in [7, 11) is 0. The number of terminal acetylenes is 1. The SMILES string of the molecule is C#CCOc1ccc(/C=N\NC(=O)c2ccc3c(c2)nc(C)n3CC)cc1OCC. The first kappa shape index (κ1) is 20.9. The second kappa shape index (κ2) is 9.61. The van der Waals surface area contributed by atoms with E-state index in [9.17, 15) is 4.79 Å². The molecule has 154 valence electrons. The van der Waals surface area contributed by atoms with Crippen LogP contribution in [-0.2, 0) is 6.54 Å². The van der Waals surface area contributed by atoms with Gasteiger partial charge in [0.2, 0.25) is 0 Å². The second-order valence-corrected chi connectivity index (χ2v) is 6.44. The van der Waals surface area contributed by atoms with Gasteiger partial charge in [-0.25, -0.2) is 10.4 Å². The molecule has 2 aromatic carbocycles. The van der Waals surface area contributed by atoms with Crippen molar-refractivity contribution in [2.75, 3.05) is 13.2 Å². The molecule has 0 unspecified atom stereocenters. The smallest absolute Gasteiger partial charge is 0.271 e. The molecule has 30 heavy (non-hydrogen) atoms. The number of imidazole rings is 1. The average Bonchev–Trinajstić information content (AvgIpc) is 3.07. The van der Waals surface area contributed by atoms with Crippen LogP contribution in [0.15, 0.2) is 41.5 Å². The third kappa shape index (κ3) is 4.61. The fraction of sp³-hybridized carbons (Fsp3) is 0.261. The lowest BCUT2D eigenvalue weighted by Gasteiger charge is -2.10. The van der Waals surface area contributed by atoms with Gasteiger partial charge in [-0.05, 0) is 62.7 Å². The third-order valence-electron chi connectivity index (χ3n) is 4.48. The van der Waals surface area contributed by atoms with E-state index in [1.54, 1.807) is 36.5 Å². The molecule has 0 fully saturated rings. The van der Waals surface area contributed by atoms with E-state index in [1.807, 2.05) is 19.9 Å². The topological polar surface area (TPSA) is 77.7 Å². The first-order valence-corrected chi connectivity index (χ1v) is 9.70. The van der Waals surface area contributed by atoms with E-state index in [4.69, 9.17) is 15.9 Å². The van der Waals surface area contributed by atoms with Crippen LogP contribution in [0.3, 0.4) is 0 Å². The van der Waals surface area contributed by atoms with Crippen LogP contribution in [-0.4, -0.2) is 34.9 Å². The minimum Gasteiger partial charge on any atom is -0.490 e. The van der Waals surface area contributed by atoms with Crippen molar-refractivity contribution in [3.8, 4) is 23.8 Å². The summed E-state index contributed by atoms with van der Waals surface area (Å²) >= 11 is 0. The van der Waals surface area contributed by atoms with E-state index in [1.165, 1.54) is 0 Å². The molecule has 3 aromatic rings. The fourth-order valence-corrected chi connectivity index (χ4v) is 3.13. The first-order chi connectivity index (χ1) is 14.6. The minimum atomic E-state index is -0.309. The summed E-state index contributed by atoms with van der Waals surface area (Å²) in [6.07, 6.45) is 6.78. The molecule has 1 heterocycles. The molecule has 0 saturated heterocycles. The fourth-order valence-electron chi connectivity index (χ4n) is 3.13. The lowest BCUT2D eigenvalue weighted by Crippen LogP contribution is -2.17. The molecule has 1 N–H and O–H groups in total. The van der Waals surface area contributed by atoms with E-state index in [0.29, 0.717) is 23.7 Å². The van der Waals surface area contributed by atoms with Crippen LogP contribution in [0.4, 0.5) is 0 Å². The lowest BCUT2D eigenvalue weighted by molar-refractivity contribution is 0.0955. The number of amides is 1. The van der Waals surface area contributed by atoms with Gasteiger partial charge >= 0.3 is 0 Å². The van der Waals surface area contributed by atoms with Crippen LogP contribution in [0.1, 0.15) is 35.6 Å². The zero-order valence-corrected chi connectivity index (χ0v) is 17.3. The number of aryl methyl sites for hydroxylation is 2. The quantitative estimate of drug-likeness (QED) is 0.354. The predicted molar refractivity (Wildman–Crippen MR) is 117 cm³/mol. The molecule has 0 aliphatic heterocycles. The van der Waals surface area contributed by atoms with E-state index >= 15 is 0 Å². The summed E-state index contributed by atoms with van der Waals surface area (Å²) in [5.74, 6) is 4.16. The van der Waals surface area contributed by atoms with Gasteiger partial charge in [-0.15, -0.1) is 6.42 Å². The first-order valence-electron chi connectivity index (χ1n) is 9.70. The average molecular weight is 404 g/mol. The normalized spacial score (nSPS) is 10.9. The Morgan fingerprint density at radius 1 is 1.23 bits per heavy atom. The number of carbonyl (C=O) groups is 1. The number of benzene rings is 2. The van der Waals surface area contributed by atoms with Crippen molar-refractivity contribution in [2.45, 2.75) is 27.3 Å². The van der Waals surface area contributed by atoms with E-state index < -0.39 is 0 Å². The number of aromatic nitrogens is 2. The number of nitrogens with zero attached hydrogens (tertiary/aromatic N) is 3. The number of carbonyl (C=O) groups excluding carboxylic acids is 1. The Bertz CT molecular complexity index is 1130. The Balaban J connectivity index is 1.71. The highest BCUT2D eigenvalue weighted by atomic mass is 16.5. The molecule has 0 radical (unpaired) electrons. The number of hydrogen-bond acceptors (Lipinski definition) is 5. The van der Waals surface area contributed by atoms with Crippen molar-refractivity contribution in [2.24, 2.45) is 5.10 Å². The zero-order valence-electron chi connectivity index (χ0n) is 17.3. The molecular formula is C23H24N4O3. The highest BCUT2D eigenvalue weighted by Crippen LogP contribution is 2.28. The van der Waals surface area contributed by atoms with Gasteiger partial charge in [0.25, 0.3) is 5.91 Å². The molecular weight excluding hydrogens is 380 g/mol. The van der Waals surface area contributed by atoms with Crippen molar-refractivity contribution in [1.82, 2.24) is 15.0 Å². The Morgan fingerprint density at radius 2 is 2.07 bits per heavy atom. The summed E-state index contributed by atoms with van der Waals surface area (Å²) in [6, 6.07) is 10.8. The van der Waals surface area contributed by atoms with Crippen LogP contribution >= 0.6 is 0 Å². The number of fused-ring (bicyclic) bond motifs is 1. The summed E-state index contributed by atoms with van der Waals surface area (Å²) in [5.41, 5.74) is 5.58. The van der Waals surface area contributed by atoms with Gasteiger partial charge in [0, 0.05) is 12.1 Å². The van der Waals surface area contributed by atoms with Crippen molar-refractivity contribution >= 4 is 23.2 Å². The van der Waals surface area contributed by atoms with E-state index in [-0.39, 0.29) is 12.5 Å². The maximum atomic E-state index is 12.5. The Hall–Kier alpha value is -3.79. The molecule has 1 aromatic heterocycles. The molecule has 7 heteroatoms. The van der Waals surface area contributed by atoms with Crippen molar-refractivity contribution in [1.29, 1.82) is 0 Å². The number of ether oxygens (including phenoxy) is 2. The maximum absolute atomic E-state index is 12.5. The van der Waals surface area contributed by atoms with Crippen molar-refractivity contribution in [3.05, 3.63) is 53.3 Å². The summed E-state index contributed by atoms with van der Waals surface area (Å²) in [6.45, 7) is 7.37. The Morgan fingerprint density at radius 3 is 2.80 bits per heavy atom. The van der Waals surface area contributed by atoms with Gasteiger partial charge in [0.1, 0.15) is 12.4 Å². The monoisotopic (exact) mass is 404 g/mol. The number of rotatable bonds is 8. The molecule has 1 amide bonds. The maximum Gasteiger partial charge on any atom is 0.271 e. The van der Waals surface area contributed by atoms with Gasteiger partial charge in [-0.1, -0.05) is 5.92 Å². The molecule has 3 rings (SSSR count). The number of nitrogens with one attached hydrogen (secondary N) is 1.